The zero-order valence-electron chi connectivity index (χ0n) is 16.4. The van der Waals surface area contributed by atoms with Gasteiger partial charge in [-0.2, -0.15) is 31.4 Å². The van der Waals surface area contributed by atoms with Crippen molar-refractivity contribution in [3.05, 3.63) is 51.3 Å². The van der Waals surface area contributed by atoms with Crippen molar-refractivity contribution in [2.45, 2.75) is 32.4 Å². The minimum atomic E-state index is -4.63. The van der Waals surface area contributed by atoms with Crippen molar-refractivity contribution in [1.82, 2.24) is 19.6 Å². The molecule has 3 rings (SSSR count). The summed E-state index contributed by atoms with van der Waals surface area (Å²) in [5, 5.41) is 3.51. The molecule has 0 aliphatic carbocycles. The summed E-state index contributed by atoms with van der Waals surface area (Å²) in [5.74, 6) is -0.370. The molecular weight excluding hydrogens is 494 g/mol. The highest BCUT2D eigenvalue weighted by atomic mass is 79.9. The van der Waals surface area contributed by atoms with Gasteiger partial charge in [-0.3, -0.25) is 14.4 Å². The molecule has 5 nitrogen and oxygen atoms in total. The van der Waals surface area contributed by atoms with E-state index in [-0.39, 0.29) is 22.6 Å². The van der Waals surface area contributed by atoms with Crippen molar-refractivity contribution in [2.24, 2.45) is 0 Å². The van der Waals surface area contributed by atoms with Crippen LogP contribution in [-0.4, -0.2) is 51.7 Å². The van der Waals surface area contributed by atoms with Crippen molar-refractivity contribution in [1.29, 1.82) is 0 Å². The molecule has 12 heteroatoms. The molecule has 2 aromatic rings. The summed E-state index contributed by atoms with van der Waals surface area (Å²) in [7, 11) is 0. The lowest BCUT2D eigenvalue weighted by atomic mass is 10.1. The molecule has 1 fully saturated rings. The van der Waals surface area contributed by atoms with Crippen LogP contribution in [0.1, 0.15) is 22.5 Å². The summed E-state index contributed by atoms with van der Waals surface area (Å²) in [6.07, 6.45) is -9.04. The molecule has 1 aliphatic heterocycles. The van der Waals surface area contributed by atoms with Crippen LogP contribution in [0.4, 0.5) is 26.3 Å². The molecule has 0 radical (unpaired) electrons. The number of carbonyl (C=O) groups excluding carboxylic acids is 1. The highest BCUT2D eigenvalue weighted by Crippen LogP contribution is 2.35. The molecule has 1 aromatic carbocycles. The summed E-state index contributed by atoms with van der Waals surface area (Å²) >= 11 is 2.87. The Bertz CT molecular complexity index is 948. The first kappa shape index (κ1) is 23.6. The molecule has 0 bridgehead atoms. The molecule has 1 aromatic heterocycles. The van der Waals surface area contributed by atoms with E-state index in [4.69, 9.17) is 0 Å². The van der Waals surface area contributed by atoms with E-state index in [1.54, 1.807) is 6.07 Å². The zero-order valence-corrected chi connectivity index (χ0v) is 18.0. The molecule has 1 saturated heterocycles. The molecule has 0 spiro atoms. The van der Waals surface area contributed by atoms with Crippen LogP contribution in [0, 0.1) is 6.92 Å². The summed E-state index contributed by atoms with van der Waals surface area (Å²) in [4.78, 5) is 16.0. The Balaban J connectivity index is 1.57. The third-order valence-electron chi connectivity index (χ3n) is 5.07. The Kier molecular flexibility index (Phi) is 6.70. The predicted octanol–water partition coefficient (Wildman–Crippen LogP) is 4.34. The molecule has 0 unspecified atom stereocenters. The van der Waals surface area contributed by atoms with Gasteiger partial charge >= 0.3 is 12.4 Å². The second-order valence-corrected chi connectivity index (χ2v) is 8.05. The van der Waals surface area contributed by atoms with E-state index in [0.29, 0.717) is 38.3 Å². The minimum absolute atomic E-state index is 0.196. The number of piperazine rings is 1. The van der Waals surface area contributed by atoms with Crippen LogP contribution in [0.15, 0.2) is 28.7 Å². The number of benzene rings is 1. The maximum atomic E-state index is 13.0. The van der Waals surface area contributed by atoms with Crippen molar-refractivity contribution >= 4 is 21.8 Å². The van der Waals surface area contributed by atoms with Crippen molar-refractivity contribution in [3.8, 4) is 0 Å². The summed E-state index contributed by atoms with van der Waals surface area (Å²) < 4.78 is 78.3. The maximum Gasteiger partial charge on any atom is 0.436 e. The van der Waals surface area contributed by atoms with Crippen LogP contribution in [0.3, 0.4) is 0 Å². The first-order valence-corrected chi connectivity index (χ1v) is 10.1. The van der Waals surface area contributed by atoms with Crippen LogP contribution >= 0.6 is 15.9 Å². The van der Waals surface area contributed by atoms with Gasteiger partial charge in [0.05, 0.1) is 15.7 Å². The Morgan fingerprint density at radius 1 is 1.06 bits per heavy atom. The lowest BCUT2D eigenvalue weighted by Crippen LogP contribution is -2.49. The Morgan fingerprint density at radius 2 is 1.71 bits per heavy atom. The van der Waals surface area contributed by atoms with E-state index in [0.717, 1.165) is 16.8 Å². The van der Waals surface area contributed by atoms with Crippen LogP contribution in [0.25, 0.3) is 0 Å². The van der Waals surface area contributed by atoms with Gasteiger partial charge in [0, 0.05) is 32.7 Å². The van der Waals surface area contributed by atoms with Crippen LogP contribution in [-0.2, 0) is 30.2 Å². The van der Waals surface area contributed by atoms with Crippen LogP contribution in [0.2, 0.25) is 0 Å². The molecule has 2 heterocycles. The summed E-state index contributed by atoms with van der Waals surface area (Å²) in [6, 6.07) is 5.09. The van der Waals surface area contributed by atoms with Gasteiger partial charge < -0.3 is 4.90 Å². The van der Waals surface area contributed by atoms with Gasteiger partial charge in [-0.25, -0.2) is 0 Å². The van der Waals surface area contributed by atoms with E-state index in [9.17, 15) is 31.1 Å². The van der Waals surface area contributed by atoms with E-state index in [1.165, 1.54) is 17.9 Å². The molecule has 1 amide bonds. The molecule has 0 N–H and O–H groups in total. The largest absolute Gasteiger partial charge is 0.436 e. The third-order valence-corrected chi connectivity index (χ3v) is 6.02. The highest BCUT2D eigenvalue weighted by molar-refractivity contribution is 9.10. The zero-order chi connectivity index (χ0) is 23.0. The summed E-state index contributed by atoms with van der Waals surface area (Å²) in [6.45, 7) is 2.96. The first-order chi connectivity index (χ1) is 14.4. The monoisotopic (exact) mass is 512 g/mol. The standard InChI is InChI=1S/C19H19BrF6N4O/c1-12-16(20)17(19(24,25)26)27-30(12)11-15(31)29-7-5-28(6-8-29)10-13-3-2-4-14(9-13)18(21,22)23/h2-4,9H,5-8,10-11H2,1H3. The Morgan fingerprint density at radius 3 is 2.26 bits per heavy atom. The first-order valence-electron chi connectivity index (χ1n) is 9.32. The number of nitrogens with zero attached hydrogens (tertiary/aromatic N) is 4. The number of hydrogen-bond acceptors (Lipinski definition) is 3. The predicted molar refractivity (Wildman–Crippen MR) is 103 cm³/mol. The van der Waals surface area contributed by atoms with E-state index >= 15 is 0 Å². The number of alkyl halides is 6. The SMILES string of the molecule is Cc1c(Br)c(C(F)(F)F)nn1CC(=O)N1CCN(Cc2cccc(C(F)(F)F)c2)CC1. The molecule has 0 saturated carbocycles. The molecule has 0 atom stereocenters. The number of aromatic nitrogens is 2. The van der Waals surface area contributed by atoms with Gasteiger partial charge in [-0.1, -0.05) is 18.2 Å². The van der Waals surface area contributed by atoms with Gasteiger partial charge in [0.1, 0.15) is 6.54 Å². The topological polar surface area (TPSA) is 41.4 Å². The fraction of sp³-hybridized carbons (Fsp3) is 0.474. The van der Waals surface area contributed by atoms with Crippen molar-refractivity contribution in [2.75, 3.05) is 26.2 Å². The molecule has 31 heavy (non-hydrogen) atoms. The lowest BCUT2D eigenvalue weighted by molar-refractivity contribution is -0.142. The fourth-order valence-corrected chi connectivity index (χ4v) is 3.86. The quantitative estimate of drug-likeness (QED) is 0.572. The average Bonchev–Trinajstić information content (AvgIpc) is 2.97. The summed E-state index contributed by atoms with van der Waals surface area (Å²) in [5.41, 5.74) is -1.07. The maximum absolute atomic E-state index is 13.0. The van der Waals surface area contributed by atoms with Gasteiger partial charge in [0.2, 0.25) is 5.91 Å². The van der Waals surface area contributed by atoms with Gasteiger partial charge in [-0.05, 0) is 34.5 Å². The van der Waals surface area contributed by atoms with Gasteiger partial charge in [0.15, 0.2) is 5.69 Å². The Labute approximate surface area is 182 Å². The van der Waals surface area contributed by atoms with E-state index in [2.05, 4.69) is 21.0 Å². The van der Waals surface area contributed by atoms with Crippen LogP contribution < -0.4 is 0 Å². The number of amides is 1. The number of hydrogen-bond donors (Lipinski definition) is 0. The second-order valence-electron chi connectivity index (χ2n) is 7.26. The Hall–Kier alpha value is -2.08. The van der Waals surface area contributed by atoms with E-state index in [1.807, 2.05) is 4.90 Å². The van der Waals surface area contributed by atoms with Gasteiger partial charge in [-0.15, -0.1) is 0 Å². The number of carbonyl (C=O) groups is 1. The van der Waals surface area contributed by atoms with Crippen molar-refractivity contribution in [3.63, 3.8) is 0 Å². The lowest BCUT2D eigenvalue weighted by Gasteiger charge is -2.35. The molecule has 1 aliphatic rings. The van der Waals surface area contributed by atoms with Crippen molar-refractivity contribution < 1.29 is 31.1 Å². The van der Waals surface area contributed by atoms with Gasteiger partial charge in [0.25, 0.3) is 0 Å². The van der Waals surface area contributed by atoms with Crippen LogP contribution in [0.5, 0.6) is 0 Å². The average molecular weight is 513 g/mol. The normalized spacial score (nSPS) is 16.1. The smallest absolute Gasteiger partial charge is 0.339 e. The highest BCUT2D eigenvalue weighted by Gasteiger charge is 2.38. The fourth-order valence-electron chi connectivity index (χ4n) is 3.35. The minimum Gasteiger partial charge on any atom is -0.339 e. The third kappa shape index (κ3) is 5.59. The van der Waals surface area contributed by atoms with E-state index < -0.39 is 23.6 Å². The molecule has 170 valence electrons. The number of halogens is 7. The molecular formula is C19H19BrF6N4O. The number of rotatable bonds is 4. The second kappa shape index (κ2) is 8.81.